The van der Waals surface area contributed by atoms with Crippen LogP contribution in [0.15, 0.2) is 0 Å². The van der Waals surface area contributed by atoms with Gasteiger partial charge in [-0.25, -0.2) is 0 Å². The molecule has 0 aromatic rings. The summed E-state index contributed by atoms with van der Waals surface area (Å²) in [5.41, 5.74) is 5.82. The standard InChI is InChI=1S/C12H23NO2S/c13-12(9-14)5-1-4-11(7-12)16-8-10-3-2-6-15-10/h10-11,14H,1-9,13H2. The highest BCUT2D eigenvalue weighted by Crippen LogP contribution is 2.34. The van der Waals surface area contributed by atoms with E-state index in [0.717, 1.165) is 31.6 Å². The molecule has 0 aromatic heterocycles. The van der Waals surface area contributed by atoms with Crippen molar-refractivity contribution in [1.82, 2.24) is 0 Å². The van der Waals surface area contributed by atoms with Gasteiger partial charge in [-0.2, -0.15) is 11.8 Å². The summed E-state index contributed by atoms with van der Waals surface area (Å²) in [6.45, 7) is 1.07. The van der Waals surface area contributed by atoms with E-state index in [4.69, 9.17) is 10.5 Å². The fourth-order valence-corrected chi connectivity index (χ4v) is 4.18. The van der Waals surface area contributed by atoms with Crippen LogP contribution in [0.1, 0.15) is 38.5 Å². The van der Waals surface area contributed by atoms with E-state index in [1.54, 1.807) is 0 Å². The zero-order chi connectivity index (χ0) is 11.4. The van der Waals surface area contributed by atoms with Gasteiger partial charge in [-0.1, -0.05) is 6.42 Å². The van der Waals surface area contributed by atoms with Crippen LogP contribution in [0.5, 0.6) is 0 Å². The first-order chi connectivity index (χ1) is 7.72. The number of rotatable bonds is 4. The van der Waals surface area contributed by atoms with E-state index in [1.165, 1.54) is 19.3 Å². The SMILES string of the molecule is NC1(CO)CCCC(SCC2CCCO2)C1. The van der Waals surface area contributed by atoms with Gasteiger partial charge < -0.3 is 15.6 Å². The third kappa shape index (κ3) is 3.36. The van der Waals surface area contributed by atoms with Crippen molar-refractivity contribution < 1.29 is 9.84 Å². The third-order valence-electron chi connectivity index (χ3n) is 3.69. The molecule has 1 aliphatic heterocycles. The lowest BCUT2D eigenvalue weighted by molar-refractivity contribution is 0.128. The smallest absolute Gasteiger partial charge is 0.0666 e. The van der Waals surface area contributed by atoms with Gasteiger partial charge in [-0.15, -0.1) is 0 Å². The van der Waals surface area contributed by atoms with Crippen LogP contribution < -0.4 is 5.73 Å². The minimum absolute atomic E-state index is 0.129. The molecule has 3 nitrogen and oxygen atoms in total. The molecule has 0 radical (unpaired) electrons. The zero-order valence-electron chi connectivity index (χ0n) is 9.86. The van der Waals surface area contributed by atoms with Crippen molar-refractivity contribution in [3.63, 3.8) is 0 Å². The van der Waals surface area contributed by atoms with Crippen molar-refractivity contribution in [3.05, 3.63) is 0 Å². The Morgan fingerprint density at radius 2 is 2.25 bits per heavy atom. The van der Waals surface area contributed by atoms with Gasteiger partial charge in [0.2, 0.25) is 0 Å². The van der Waals surface area contributed by atoms with Gasteiger partial charge in [-0.05, 0) is 32.1 Å². The monoisotopic (exact) mass is 245 g/mol. The minimum Gasteiger partial charge on any atom is -0.394 e. The lowest BCUT2D eigenvalue weighted by Crippen LogP contribution is -2.48. The minimum atomic E-state index is -0.313. The fraction of sp³-hybridized carbons (Fsp3) is 1.00. The average Bonchev–Trinajstić information content (AvgIpc) is 2.80. The molecule has 0 bridgehead atoms. The van der Waals surface area contributed by atoms with Crippen molar-refractivity contribution in [2.75, 3.05) is 19.0 Å². The van der Waals surface area contributed by atoms with Crippen LogP contribution in [0.3, 0.4) is 0 Å². The van der Waals surface area contributed by atoms with Gasteiger partial charge in [0, 0.05) is 23.1 Å². The van der Waals surface area contributed by atoms with Gasteiger partial charge in [0.25, 0.3) is 0 Å². The first-order valence-electron chi connectivity index (χ1n) is 6.35. The molecule has 1 saturated carbocycles. The number of aliphatic hydroxyl groups excluding tert-OH is 1. The van der Waals surface area contributed by atoms with E-state index in [1.807, 2.05) is 11.8 Å². The maximum absolute atomic E-state index is 9.29. The zero-order valence-corrected chi connectivity index (χ0v) is 10.7. The Bertz CT molecular complexity index is 221. The normalized spacial score (nSPS) is 40.1. The molecule has 3 N–H and O–H groups in total. The van der Waals surface area contributed by atoms with Crippen molar-refractivity contribution in [3.8, 4) is 0 Å². The molecule has 16 heavy (non-hydrogen) atoms. The van der Waals surface area contributed by atoms with Gasteiger partial charge >= 0.3 is 0 Å². The summed E-state index contributed by atoms with van der Waals surface area (Å²) in [5.74, 6) is 1.10. The van der Waals surface area contributed by atoms with Crippen LogP contribution >= 0.6 is 11.8 Å². The molecule has 1 heterocycles. The molecule has 0 spiro atoms. The Hall–Kier alpha value is 0.230. The van der Waals surface area contributed by atoms with E-state index in [0.29, 0.717) is 11.4 Å². The number of nitrogens with two attached hydrogens (primary N) is 1. The lowest BCUT2D eigenvalue weighted by atomic mass is 9.83. The van der Waals surface area contributed by atoms with Gasteiger partial charge in [-0.3, -0.25) is 0 Å². The lowest BCUT2D eigenvalue weighted by Gasteiger charge is -2.36. The van der Waals surface area contributed by atoms with Gasteiger partial charge in [0.05, 0.1) is 12.7 Å². The Morgan fingerprint density at radius 1 is 1.38 bits per heavy atom. The number of ether oxygens (including phenoxy) is 1. The Morgan fingerprint density at radius 3 is 2.94 bits per heavy atom. The van der Waals surface area contributed by atoms with Crippen molar-refractivity contribution >= 4 is 11.8 Å². The molecular formula is C12H23NO2S. The summed E-state index contributed by atoms with van der Waals surface area (Å²) in [4.78, 5) is 0. The maximum Gasteiger partial charge on any atom is 0.0666 e. The van der Waals surface area contributed by atoms with Gasteiger partial charge in [0.1, 0.15) is 0 Å². The molecule has 94 valence electrons. The predicted molar refractivity (Wildman–Crippen MR) is 67.7 cm³/mol. The van der Waals surface area contributed by atoms with Crippen molar-refractivity contribution in [2.24, 2.45) is 5.73 Å². The molecule has 0 aromatic carbocycles. The van der Waals surface area contributed by atoms with E-state index in [2.05, 4.69) is 0 Å². The maximum atomic E-state index is 9.29. The van der Waals surface area contributed by atoms with Crippen LogP contribution in [0, 0.1) is 0 Å². The summed E-state index contributed by atoms with van der Waals surface area (Å²) in [6.07, 6.45) is 7.23. The number of hydrogen-bond donors (Lipinski definition) is 2. The summed E-state index contributed by atoms with van der Waals surface area (Å²) in [5, 5.41) is 9.91. The Kier molecular flexibility index (Phi) is 4.53. The molecule has 1 saturated heterocycles. The molecule has 2 fully saturated rings. The van der Waals surface area contributed by atoms with Crippen LogP contribution in [0.25, 0.3) is 0 Å². The van der Waals surface area contributed by atoms with Crippen LogP contribution in [0.2, 0.25) is 0 Å². The van der Waals surface area contributed by atoms with E-state index >= 15 is 0 Å². The molecular weight excluding hydrogens is 222 g/mol. The summed E-state index contributed by atoms with van der Waals surface area (Å²) < 4.78 is 5.62. The number of thioether (sulfide) groups is 1. The molecule has 3 atom stereocenters. The Labute approximate surface area is 102 Å². The highest BCUT2D eigenvalue weighted by Gasteiger charge is 2.32. The molecule has 3 unspecified atom stereocenters. The van der Waals surface area contributed by atoms with Crippen LogP contribution in [-0.4, -0.2) is 41.0 Å². The molecule has 0 amide bonds. The average molecular weight is 245 g/mol. The van der Waals surface area contributed by atoms with Crippen molar-refractivity contribution in [2.45, 2.75) is 55.4 Å². The van der Waals surface area contributed by atoms with Crippen molar-refractivity contribution in [1.29, 1.82) is 0 Å². The summed E-state index contributed by atoms with van der Waals surface area (Å²) in [7, 11) is 0. The second-order valence-electron chi connectivity index (χ2n) is 5.21. The highest BCUT2D eigenvalue weighted by molar-refractivity contribution is 7.99. The first kappa shape index (κ1) is 12.7. The highest BCUT2D eigenvalue weighted by atomic mass is 32.2. The third-order valence-corrected chi connectivity index (χ3v) is 5.13. The number of hydrogen-bond acceptors (Lipinski definition) is 4. The topological polar surface area (TPSA) is 55.5 Å². The quantitative estimate of drug-likeness (QED) is 0.788. The van der Waals surface area contributed by atoms with E-state index in [9.17, 15) is 5.11 Å². The molecule has 2 aliphatic rings. The van der Waals surface area contributed by atoms with E-state index in [-0.39, 0.29) is 12.1 Å². The molecule has 1 aliphatic carbocycles. The number of aliphatic hydroxyl groups is 1. The Balaban J connectivity index is 1.72. The largest absolute Gasteiger partial charge is 0.394 e. The first-order valence-corrected chi connectivity index (χ1v) is 7.40. The second-order valence-corrected chi connectivity index (χ2v) is 6.54. The van der Waals surface area contributed by atoms with Crippen LogP contribution in [0.4, 0.5) is 0 Å². The van der Waals surface area contributed by atoms with Crippen LogP contribution in [-0.2, 0) is 4.74 Å². The summed E-state index contributed by atoms with van der Waals surface area (Å²) >= 11 is 2.00. The predicted octanol–water partition coefficient (Wildman–Crippen LogP) is 1.53. The molecule has 2 rings (SSSR count). The fourth-order valence-electron chi connectivity index (χ4n) is 2.64. The summed E-state index contributed by atoms with van der Waals surface area (Å²) in [6, 6.07) is 0. The molecule has 4 heteroatoms. The van der Waals surface area contributed by atoms with E-state index < -0.39 is 0 Å². The second kappa shape index (κ2) is 5.71. The van der Waals surface area contributed by atoms with Gasteiger partial charge in [0.15, 0.2) is 0 Å².